The number of nitrogens with one attached hydrogen (secondary N) is 1. The van der Waals surface area contributed by atoms with E-state index in [9.17, 15) is 9.18 Å². The monoisotopic (exact) mass is 364 g/mol. The average Bonchev–Trinajstić information content (AvgIpc) is 2.59. The molecule has 0 saturated carbocycles. The highest BCUT2D eigenvalue weighted by atomic mass is 35.5. The second kappa shape index (κ2) is 8.94. The number of carbonyl (C=O) groups is 1. The van der Waals surface area contributed by atoms with Crippen LogP contribution in [0.15, 0.2) is 42.5 Å². The summed E-state index contributed by atoms with van der Waals surface area (Å²) >= 11 is 6.27. The van der Waals surface area contributed by atoms with Gasteiger partial charge in [0.15, 0.2) is 17.3 Å². The predicted octanol–water partition coefficient (Wildman–Crippen LogP) is 3.56. The van der Waals surface area contributed by atoms with Gasteiger partial charge in [0.05, 0.1) is 13.7 Å². The SMILES string of the molecule is COc1ccc(C(=O)CNCC(c2ccccc2Cl)N(C)C)cc1F. The maximum atomic E-state index is 13.7. The molecule has 0 aliphatic heterocycles. The second-order valence-electron chi connectivity index (χ2n) is 5.90. The second-order valence-corrected chi connectivity index (χ2v) is 6.31. The first-order valence-corrected chi connectivity index (χ1v) is 8.30. The Morgan fingerprint density at radius 2 is 2.00 bits per heavy atom. The fourth-order valence-corrected chi connectivity index (χ4v) is 2.84. The van der Waals surface area contributed by atoms with Crippen LogP contribution in [-0.4, -0.2) is 45.0 Å². The lowest BCUT2D eigenvalue weighted by molar-refractivity contribution is 0.0988. The molecule has 0 fully saturated rings. The number of hydrogen-bond donors (Lipinski definition) is 1. The number of ether oxygens (including phenoxy) is 1. The van der Waals surface area contributed by atoms with Crippen LogP contribution in [0.2, 0.25) is 5.02 Å². The smallest absolute Gasteiger partial charge is 0.176 e. The van der Waals surface area contributed by atoms with Crippen molar-refractivity contribution in [3.63, 3.8) is 0 Å². The number of ketones is 1. The molecule has 0 amide bonds. The van der Waals surface area contributed by atoms with Crippen LogP contribution >= 0.6 is 11.6 Å². The number of halogens is 2. The van der Waals surface area contributed by atoms with E-state index >= 15 is 0 Å². The summed E-state index contributed by atoms with van der Waals surface area (Å²) in [5.41, 5.74) is 1.30. The van der Waals surface area contributed by atoms with Gasteiger partial charge in [-0.3, -0.25) is 4.79 Å². The van der Waals surface area contributed by atoms with Crippen molar-refractivity contribution in [2.45, 2.75) is 6.04 Å². The van der Waals surface area contributed by atoms with E-state index in [0.29, 0.717) is 17.1 Å². The predicted molar refractivity (Wildman–Crippen MR) is 98.0 cm³/mol. The Balaban J connectivity index is 1.99. The molecule has 1 atom stereocenters. The van der Waals surface area contributed by atoms with Gasteiger partial charge in [0.25, 0.3) is 0 Å². The Labute approximate surface area is 152 Å². The highest BCUT2D eigenvalue weighted by Crippen LogP contribution is 2.25. The van der Waals surface area contributed by atoms with E-state index in [2.05, 4.69) is 5.32 Å². The summed E-state index contributed by atoms with van der Waals surface area (Å²) in [5, 5.41) is 3.82. The van der Waals surface area contributed by atoms with Crippen molar-refractivity contribution in [1.29, 1.82) is 0 Å². The molecule has 2 aromatic carbocycles. The molecule has 4 nitrogen and oxygen atoms in total. The average molecular weight is 365 g/mol. The van der Waals surface area contributed by atoms with Crippen molar-refractivity contribution in [3.05, 3.63) is 64.4 Å². The maximum absolute atomic E-state index is 13.7. The van der Waals surface area contributed by atoms with E-state index < -0.39 is 5.82 Å². The number of methoxy groups -OCH3 is 1. The van der Waals surface area contributed by atoms with Crippen molar-refractivity contribution in [1.82, 2.24) is 10.2 Å². The molecule has 0 aliphatic rings. The molecule has 2 rings (SSSR count). The third-order valence-corrected chi connectivity index (χ3v) is 4.33. The molecule has 0 bridgehead atoms. The van der Waals surface area contributed by atoms with Gasteiger partial charge in [-0.15, -0.1) is 0 Å². The van der Waals surface area contributed by atoms with E-state index in [1.807, 2.05) is 43.3 Å². The van der Waals surface area contributed by atoms with Crippen molar-refractivity contribution < 1.29 is 13.9 Å². The molecule has 134 valence electrons. The van der Waals surface area contributed by atoms with Crippen molar-refractivity contribution in [3.8, 4) is 5.75 Å². The number of likely N-dealkylation sites (N-methyl/N-ethyl adjacent to an activating group) is 1. The molecule has 6 heteroatoms. The Morgan fingerprint density at radius 1 is 1.28 bits per heavy atom. The summed E-state index contributed by atoms with van der Waals surface area (Å²) in [7, 11) is 5.30. The van der Waals surface area contributed by atoms with E-state index in [1.54, 1.807) is 6.07 Å². The Bertz CT molecular complexity index is 737. The third-order valence-electron chi connectivity index (χ3n) is 3.98. The summed E-state index contributed by atoms with van der Waals surface area (Å²) in [6.07, 6.45) is 0. The van der Waals surface area contributed by atoms with Gasteiger partial charge < -0.3 is 15.0 Å². The number of benzene rings is 2. The summed E-state index contributed by atoms with van der Waals surface area (Å²) in [6, 6.07) is 11.9. The molecule has 0 spiro atoms. The van der Waals surface area contributed by atoms with Crippen LogP contribution in [0.25, 0.3) is 0 Å². The number of Topliss-reactive ketones (excluding diaryl/α,β-unsaturated/α-hetero) is 1. The van der Waals surface area contributed by atoms with E-state index in [0.717, 1.165) is 5.56 Å². The minimum Gasteiger partial charge on any atom is -0.494 e. The normalized spacial score (nSPS) is 12.2. The molecule has 0 saturated heterocycles. The van der Waals surface area contributed by atoms with Crippen LogP contribution in [0.1, 0.15) is 22.0 Å². The van der Waals surface area contributed by atoms with Crippen LogP contribution in [0.5, 0.6) is 5.75 Å². The zero-order valence-corrected chi connectivity index (χ0v) is 15.3. The van der Waals surface area contributed by atoms with Gasteiger partial charge >= 0.3 is 0 Å². The first-order chi connectivity index (χ1) is 11.9. The zero-order valence-electron chi connectivity index (χ0n) is 14.6. The number of nitrogens with zero attached hydrogens (tertiary/aromatic N) is 1. The van der Waals surface area contributed by atoms with Crippen LogP contribution < -0.4 is 10.1 Å². The topological polar surface area (TPSA) is 41.6 Å². The molecule has 0 aliphatic carbocycles. The zero-order chi connectivity index (χ0) is 18.4. The number of carbonyl (C=O) groups excluding carboxylic acids is 1. The fourth-order valence-electron chi connectivity index (χ4n) is 2.58. The molecule has 25 heavy (non-hydrogen) atoms. The lowest BCUT2D eigenvalue weighted by atomic mass is 10.1. The third kappa shape index (κ3) is 5.01. The molecule has 0 heterocycles. The van der Waals surface area contributed by atoms with E-state index in [1.165, 1.54) is 19.2 Å². The summed E-state index contributed by atoms with van der Waals surface area (Å²) in [6.45, 7) is 0.654. The molecule has 0 radical (unpaired) electrons. The van der Waals surface area contributed by atoms with E-state index in [4.69, 9.17) is 16.3 Å². The van der Waals surface area contributed by atoms with Gasteiger partial charge in [-0.25, -0.2) is 4.39 Å². The standard InChI is InChI=1S/C19H22ClFN2O2/c1-23(2)17(14-6-4-5-7-15(14)20)11-22-12-18(24)13-8-9-19(25-3)16(21)10-13/h4-10,17,22H,11-12H2,1-3H3. The Hall–Kier alpha value is -1.95. The number of hydrogen-bond acceptors (Lipinski definition) is 4. The summed E-state index contributed by atoms with van der Waals surface area (Å²) in [4.78, 5) is 14.3. The van der Waals surface area contributed by atoms with Crippen LogP contribution in [0.4, 0.5) is 4.39 Å². The van der Waals surface area contributed by atoms with Gasteiger partial charge in [-0.2, -0.15) is 0 Å². The molecule has 1 N–H and O–H groups in total. The first kappa shape index (κ1) is 19.4. The van der Waals surface area contributed by atoms with Gasteiger partial charge in [0, 0.05) is 23.2 Å². The lowest BCUT2D eigenvalue weighted by Gasteiger charge is -2.26. The van der Waals surface area contributed by atoms with Gasteiger partial charge in [-0.1, -0.05) is 29.8 Å². The van der Waals surface area contributed by atoms with Crippen LogP contribution in [-0.2, 0) is 0 Å². The summed E-state index contributed by atoms with van der Waals surface area (Å²) in [5.74, 6) is -0.607. The van der Waals surface area contributed by atoms with Gasteiger partial charge in [0.1, 0.15) is 0 Å². The molecule has 0 aromatic heterocycles. The lowest BCUT2D eigenvalue weighted by Crippen LogP contribution is -2.34. The summed E-state index contributed by atoms with van der Waals surface area (Å²) < 4.78 is 18.6. The Kier molecular flexibility index (Phi) is 6.93. The number of rotatable bonds is 8. The Morgan fingerprint density at radius 3 is 2.60 bits per heavy atom. The van der Waals surface area contributed by atoms with Crippen LogP contribution in [0, 0.1) is 5.82 Å². The fraction of sp³-hybridized carbons (Fsp3) is 0.316. The highest BCUT2D eigenvalue weighted by molar-refractivity contribution is 6.31. The quantitative estimate of drug-likeness (QED) is 0.727. The van der Waals surface area contributed by atoms with Crippen molar-refractivity contribution >= 4 is 17.4 Å². The van der Waals surface area contributed by atoms with Gasteiger partial charge in [-0.05, 0) is 43.9 Å². The van der Waals surface area contributed by atoms with Crippen molar-refractivity contribution in [2.75, 3.05) is 34.3 Å². The van der Waals surface area contributed by atoms with E-state index in [-0.39, 0.29) is 24.1 Å². The molecule has 1 unspecified atom stereocenters. The highest BCUT2D eigenvalue weighted by Gasteiger charge is 2.17. The molecule has 2 aromatic rings. The maximum Gasteiger partial charge on any atom is 0.176 e. The largest absolute Gasteiger partial charge is 0.494 e. The minimum atomic E-state index is -0.546. The minimum absolute atomic E-state index is 0.0223. The van der Waals surface area contributed by atoms with Crippen molar-refractivity contribution in [2.24, 2.45) is 0 Å². The van der Waals surface area contributed by atoms with Gasteiger partial charge in [0.2, 0.25) is 0 Å². The molecular formula is C19H22ClFN2O2. The van der Waals surface area contributed by atoms with Crippen LogP contribution in [0.3, 0.4) is 0 Å². The molecular weight excluding hydrogens is 343 g/mol. The first-order valence-electron chi connectivity index (χ1n) is 7.92.